The molecule has 0 bridgehead atoms. The second-order valence-electron chi connectivity index (χ2n) is 3.24. The number of carbonyl (C=O) groups is 1. The Hall–Kier alpha value is -2.04. The first kappa shape index (κ1) is 9.51. The van der Waals surface area contributed by atoms with Crippen molar-refractivity contribution in [2.45, 2.75) is 6.92 Å². The second-order valence-corrected chi connectivity index (χ2v) is 3.24. The number of pyridine rings is 1. The lowest BCUT2D eigenvalue weighted by molar-refractivity contribution is 0.103. The van der Waals surface area contributed by atoms with Crippen LogP contribution in [0.15, 0.2) is 24.7 Å². The summed E-state index contributed by atoms with van der Waals surface area (Å²) in [6.45, 7) is 1.84. The summed E-state index contributed by atoms with van der Waals surface area (Å²) in [6, 6.07) is 1.69. The maximum absolute atomic E-state index is 11.9. The normalized spacial score (nSPS) is 10.3. The van der Waals surface area contributed by atoms with Crippen LogP contribution in [0.1, 0.15) is 21.6 Å². The molecule has 0 aromatic carbocycles. The molecule has 0 unspecified atom stereocenters. The van der Waals surface area contributed by atoms with Crippen LogP contribution in [0.5, 0.6) is 0 Å². The minimum Gasteiger partial charge on any atom is -0.287 e. The first-order valence-corrected chi connectivity index (χ1v) is 4.50. The van der Waals surface area contributed by atoms with Crippen LogP contribution in [0, 0.1) is 6.92 Å². The molecule has 5 heteroatoms. The van der Waals surface area contributed by atoms with E-state index >= 15 is 0 Å². The summed E-state index contributed by atoms with van der Waals surface area (Å²) < 4.78 is 0. The Bertz CT molecular complexity index is 504. The number of ketones is 1. The zero-order valence-electron chi connectivity index (χ0n) is 8.51. The molecule has 0 saturated carbocycles. The SMILES string of the molecule is Cc1cnccc1C(=O)c1cnn(C)n1. The predicted octanol–water partition coefficient (Wildman–Crippen LogP) is 0.750. The van der Waals surface area contributed by atoms with Crippen LogP contribution in [-0.2, 0) is 7.05 Å². The van der Waals surface area contributed by atoms with Crippen molar-refractivity contribution in [3.63, 3.8) is 0 Å². The van der Waals surface area contributed by atoms with Gasteiger partial charge in [-0.2, -0.15) is 15.0 Å². The van der Waals surface area contributed by atoms with Gasteiger partial charge in [0.15, 0.2) is 5.69 Å². The van der Waals surface area contributed by atoms with Gasteiger partial charge in [0.1, 0.15) is 0 Å². The molecule has 0 aliphatic heterocycles. The van der Waals surface area contributed by atoms with Crippen LogP contribution >= 0.6 is 0 Å². The highest BCUT2D eigenvalue weighted by molar-refractivity contribution is 6.08. The maximum Gasteiger partial charge on any atom is 0.215 e. The molecule has 0 aliphatic rings. The molecule has 76 valence electrons. The topological polar surface area (TPSA) is 60.7 Å². The van der Waals surface area contributed by atoms with E-state index in [2.05, 4.69) is 15.2 Å². The van der Waals surface area contributed by atoms with Crippen molar-refractivity contribution >= 4 is 5.78 Å². The molecule has 0 aliphatic carbocycles. The predicted molar refractivity (Wildman–Crippen MR) is 53.4 cm³/mol. The van der Waals surface area contributed by atoms with Gasteiger partial charge in [0.05, 0.1) is 6.20 Å². The molecule has 15 heavy (non-hydrogen) atoms. The third-order valence-electron chi connectivity index (χ3n) is 2.10. The molecule has 0 spiro atoms. The van der Waals surface area contributed by atoms with Gasteiger partial charge in [0.25, 0.3) is 0 Å². The lowest BCUT2D eigenvalue weighted by atomic mass is 10.1. The molecule has 0 fully saturated rings. The Balaban J connectivity index is 2.41. The fourth-order valence-electron chi connectivity index (χ4n) is 1.32. The number of nitrogens with zero attached hydrogens (tertiary/aromatic N) is 4. The summed E-state index contributed by atoms with van der Waals surface area (Å²) in [5.74, 6) is -0.122. The van der Waals surface area contributed by atoms with Gasteiger partial charge in [-0.05, 0) is 18.6 Å². The number of hydrogen-bond donors (Lipinski definition) is 0. The minimum absolute atomic E-state index is 0.122. The highest BCUT2D eigenvalue weighted by Crippen LogP contribution is 2.10. The standard InChI is InChI=1S/C10H10N4O/c1-7-5-11-4-3-8(7)10(15)9-6-12-14(2)13-9/h3-6H,1-2H3. The number of aryl methyl sites for hydroxylation is 2. The molecule has 2 rings (SSSR count). The second kappa shape index (κ2) is 3.61. The van der Waals surface area contributed by atoms with Crippen molar-refractivity contribution in [1.82, 2.24) is 20.0 Å². The van der Waals surface area contributed by atoms with E-state index < -0.39 is 0 Å². The summed E-state index contributed by atoms with van der Waals surface area (Å²) in [7, 11) is 1.68. The Morgan fingerprint density at radius 2 is 2.20 bits per heavy atom. The van der Waals surface area contributed by atoms with E-state index in [0.717, 1.165) is 5.56 Å². The molecule has 2 aromatic heterocycles. The fourth-order valence-corrected chi connectivity index (χ4v) is 1.32. The zero-order chi connectivity index (χ0) is 10.8. The van der Waals surface area contributed by atoms with E-state index in [4.69, 9.17) is 0 Å². The summed E-state index contributed by atoms with van der Waals surface area (Å²) in [4.78, 5) is 17.2. The zero-order valence-corrected chi connectivity index (χ0v) is 8.51. The highest BCUT2D eigenvalue weighted by Gasteiger charge is 2.14. The molecule has 5 nitrogen and oxygen atoms in total. The van der Waals surface area contributed by atoms with E-state index in [1.165, 1.54) is 11.0 Å². The van der Waals surface area contributed by atoms with Gasteiger partial charge < -0.3 is 0 Å². The van der Waals surface area contributed by atoms with Crippen LogP contribution in [0.3, 0.4) is 0 Å². The minimum atomic E-state index is -0.122. The van der Waals surface area contributed by atoms with Crippen LogP contribution in [-0.4, -0.2) is 25.8 Å². The van der Waals surface area contributed by atoms with E-state index in [9.17, 15) is 4.79 Å². The summed E-state index contributed by atoms with van der Waals surface area (Å²) in [6.07, 6.45) is 4.71. The van der Waals surface area contributed by atoms with Gasteiger partial charge in [-0.25, -0.2) is 0 Å². The van der Waals surface area contributed by atoms with Gasteiger partial charge >= 0.3 is 0 Å². The third-order valence-corrected chi connectivity index (χ3v) is 2.10. The Kier molecular flexibility index (Phi) is 2.29. The molecule has 0 amide bonds. The van der Waals surface area contributed by atoms with Crippen LogP contribution in [0.4, 0.5) is 0 Å². The lowest BCUT2D eigenvalue weighted by Gasteiger charge is -2.00. The first-order valence-electron chi connectivity index (χ1n) is 4.50. The van der Waals surface area contributed by atoms with E-state index in [-0.39, 0.29) is 5.78 Å². The van der Waals surface area contributed by atoms with Gasteiger partial charge in [-0.15, -0.1) is 0 Å². The van der Waals surface area contributed by atoms with Crippen LogP contribution in [0.2, 0.25) is 0 Å². The van der Waals surface area contributed by atoms with Crippen molar-refractivity contribution in [3.8, 4) is 0 Å². The summed E-state index contributed by atoms with van der Waals surface area (Å²) in [5, 5.41) is 7.83. The van der Waals surface area contributed by atoms with E-state index in [1.807, 2.05) is 6.92 Å². The highest BCUT2D eigenvalue weighted by atomic mass is 16.1. The quantitative estimate of drug-likeness (QED) is 0.674. The van der Waals surface area contributed by atoms with Gasteiger partial charge in [0, 0.05) is 25.0 Å². The van der Waals surface area contributed by atoms with Crippen molar-refractivity contribution in [2.75, 3.05) is 0 Å². The molecule has 2 aromatic rings. The Morgan fingerprint density at radius 3 is 2.80 bits per heavy atom. The number of hydrogen-bond acceptors (Lipinski definition) is 4. The Morgan fingerprint density at radius 1 is 1.40 bits per heavy atom. The largest absolute Gasteiger partial charge is 0.287 e. The molecular weight excluding hydrogens is 192 g/mol. The lowest BCUT2D eigenvalue weighted by Crippen LogP contribution is -2.05. The van der Waals surface area contributed by atoms with Crippen LogP contribution in [0.25, 0.3) is 0 Å². The third kappa shape index (κ3) is 1.76. The molecule has 0 N–H and O–H groups in total. The van der Waals surface area contributed by atoms with Crippen LogP contribution < -0.4 is 0 Å². The summed E-state index contributed by atoms with van der Waals surface area (Å²) >= 11 is 0. The fraction of sp³-hybridized carbons (Fsp3) is 0.200. The molecule has 2 heterocycles. The van der Waals surface area contributed by atoms with E-state index in [0.29, 0.717) is 11.3 Å². The van der Waals surface area contributed by atoms with Gasteiger partial charge in [-0.1, -0.05) is 0 Å². The average Bonchev–Trinajstić information content (AvgIpc) is 2.65. The molecule has 0 radical (unpaired) electrons. The van der Waals surface area contributed by atoms with E-state index in [1.54, 1.807) is 25.5 Å². The molecule has 0 atom stereocenters. The summed E-state index contributed by atoms with van der Waals surface area (Å²) in [5.41, 5.74) is 1.81. The van der Waals surface area contributed by atoms with Crippen molar-refractivity contribution < 1.29 is 4.79 Å². The van der Waals surface area contributed by atoms with Crippen molar-refractivity contribution in [1.29, 1.82) is 0 Å². The smallest absolute Gasteiger partial charge is 0.215 e. The average molecular weight is 202 g/mol. The maximum atomic E-state index is 11.9. The Labute approximate surface area is 86.8 Å². The number of rotatable bonds is 2. The monoisotopic (exact) mass is 202 g/mol. The molecular formula is C10H10N4O. The van der Waals surface area contributed by atoms with Crippen molar-refractivity contribution in [2.24, 2.45) is 7.05 Å². The van der Waals surface area contributed by atoms with Gasteiger partial charge in [0.2, 0.25) is 5.78 Å². The number of carbonyl (C=O) groups excluding carboxylic acids is 1. The first-order chi connectivity index (χ1) is 7.18. The number of aromatic nitrogens is 4. The van der Waals surface area contributed by atoms with Crippen molar-refractivity contribution in [3.05, 3.63) is 41.5 Å². The molecule has 0 saturated heterocycles. The van der Waals surface area contributed by atoms with Gasteiger partial charge in [-0.3, -0.25) is 9.78 Å².